The second-order valence-electron chi connectivity index (χ2n) is 7.64. The first-order valence-electron chi connectivity index (χ1n) is 8.85. The molecule has 1 unspecified atom stereocenters. The monoisotopic (exact) mass is 305 g/mol. The Hall–Kier alpha value is -0.940. The first kappa shape index (κ1) is 14.6. The van der Waals surface area contributed by atoms with Gasteiger partial charge in [0.2, 0.25) is 5.89 Å². The van der Waals surface area contributed by atoms with Gasteiger partial charge in [0.1, 0.15) is 0 Å². The van der Waals surface area contributed by atoms with Crippen molar-refractivity contribution >= 4 is 0 Å². The van der Waals surface area contributed by atoms with E-state index in [0.29, 0.717) is 11.3 Å². The van der Waals surface area contributed by atoms with Crippen LogP contribution in [0.15, 0.2) is 4.52 Å². The van der Waals surface area contributed by atoms with E-state index in [4.69, 9.17) is 9.26 Å². The Morgan fingerprint density at radius 3 is 2.59 bits per heavy atom. The normalized spacial score (nSPS) is 33.4. The molecule has 5 nitrogen and oxygen atoms in total. The number of ether oxygens (including phenoxy) is 1. The third-order valence-corrected chi connectivity index (χ3v) is 6.13. The molecule has 0 radical (unpaired) electrons. The zero-order valence-electron chi connectivity index (χ0n) is 13.5. The molecule has 3 aliphatic rings. The van der Waals surface area contributed by atoms with E-state index < -0.39 is 0 Å². The van der Waals surface area contributed by atoms with E-state index >= 15 is 0 Å². The Kier molecular flexibility index (Phi) is 3.95. The van der Waals surface area contributed by atoms with Crippen LogP contribution in [0.3, 0.4) is 0 Å². The quantitative estimate of drug-likeness (QED) is 0.906. The van der Waals surface area contributed by atoms with E-state index in [9.17, 15) is 0 Å². The van der Waals surface area contributed by atoms with Gasteiger partial charge < -0.3 is 14.6 Å². The molecular weight excluding hydrogens is 278 g/mol. The number of nitrogens with zero attached hydrogens (tertiary/aromatic N) is 2. The minimum absolute atomic E-state index is 0.194. The van der Waals surface area contributed by atoms with Crippen molar-refractivity contribution in [2.24, 2.45) is 17.3 Å². The molecule has 4 rings (SSSR count). The average Bonchev–Trinajstić information content (AvgIpc) is 3.25. The summed E-state index contributed by atoms with van der Waals surface area (Å²) < 4.78 is 11.0. The smallest absolute Gasteiger partial charge is 0.244 e. The maximum absolute atomic E-state index is 5.52. The molecule has 0 aromatic carbocycles. The number of aromatic nitrogens is 2. The second-order valence-corrected chi connectivity index (χ2v) is 7.64. The van der Waals surface area contributed by atoms with Crippen LogP contribution in [0, 0.1) is 24.2 Å². The molecule has 0 amide bonds. The Morgan fingerprint density at radius 2 is 2.00 bits per heavy atom. The highest BCUT2D eigenvalue weighted by Gasteiger charge is 2.45. The summed E-state index contributed by atoms with van der Waals surface area (Å²) in [4.78, 5) is 4.51. The first-order valence-corrected chi connectivity index (χ1v) is 8.85. The van der Waals surface area contributed by atoms with E-state index in [1.54, 1.807) is 0 Å². The van der Waals surface area contributed by atoms with Crippen molar-refractivity contribution in [3.05, 3.63) is 11.7 Å². The molecular formula is C17H27N3O2. The van der Waals surface area contributed by atoms with Crippen LogP contribution < -0.4 is 5.32 Å². The Labute approximate surface area is 132 Å². The third kappa shape index (κ3) is 2.81. The summed E-state index contributed by atoms with van der Waals surface area (Å²) in [5, 5.41) is 7.83. The van der Waals surface area contributed by atoms with Crippen molar-refractivity contribution in [2.75, 3.05) is 19.8 Å². The minimum Gasteiger partial charge on any atom is -0.381 e. The van der Waals surface area contributed by atoms with Gasteiger partial charge in [-0.05, 0) is 69.1 Å². The molecule has 1 N–H and O–H groups in total. The Morgan fingerprint density at radius 1 is 1.23 bits per heavy atom. The van der Waals surface area contributed by atoms with Crippen LogP contribution in [0.4, 0.5) is 0 Å². The second kappa shape index (κ2) is 5.93. The molecule has 2 bridgehead atoms. The van der Waals surface area contributed by atoms with Gasteiger partial charge in [-0.25, -0.2) is 0 Å². The highest BCUT2D eigenvalue weighted by molar-refractivity contribution is 5.01. The molecule has 1 aromatic heterocycles. The molecule has 1 saturated heterocycles. The summed E-state index contributed by atoms with van der Waals surface area (Å²) in [6.07, 6.45) is 9.24. The van der Waals surface area contributed by atoms with Gasteiger partial charge in [-0.15, -0.1) is 0 Å². The summed E-state index contributed by atoms with van der Waals surface area (Å²) in [5.74, 6) is 3.04. The highest BCUT2D eigenvalue weighted by Crippen LogP contribution is 2.53. The number of fused-ring (bicyclic) bond motifs is 2. The summed E-state index contributed by atoms with van der Waals surface area (Å²) in [5.41, 5.74) is 0.545. The lowest BCUT2D eigenvalue weighted by molar-refractivity contribution is 0.0466. The molecule has 22 heavy (non-hydrogen) atoms. The zero-order chi connectivity index (χ0) is 15.0. The third-order valence-electron chi connectivity index (χ3n) is 6.13. The zero-order valence-corrected chi connectivity index (χ0v) is 13.5. The van der Waals surface area contributed by atoms with Crippen molar-refractivity contribution in [1.29, 1.82) is 0 Å². The van der Waals surface area contributed by atoms with E-state index in [1.165, 1.54) is 32.1 Å². The standard InChI is InChI=1S/C17H27N3O2/c1-12-19-16(22-20-12)15(14-4-8-21-9-5-14)18-11-17-6-2-13(10-17)3-7-17/h13-15,18H,2-11H2,1H3. The van der Waals surface area contributed by atoms with Crippen LogP contribution in [0.2, 0.25) is 0 Å². The summed E-state index contributed by atoms with van der Waals surface area (Å²) in [6, 6.07) is 0.194. The first-order chi connectivity index (χ1) is 10.7. The maximum atomic E-state index is 5.52. The summed E-state index contributed by atoms with van der Waals surface area (Å²) >= 11 is 0. The van der Waals surface area contributed by atoms with Gasteiger partial charge in [0.25, 0.3) is 0 Å². The van der Waals surface area contributed by atoms with Crippen molar-refractivity contribution < 1.29 is 9.26 Å². The fourth-order valence-electron chi connectivity index (χ4n) is 4.83. The molecule has 5 heteroatoms. The van der Waals surface area contributed by atoms with Gasteiger partial charge in [-0.1, -0.05) is 5.16 Å². The predicted molar refractivity (Wildman–Crippen MR) is 82.3 cm³/mol. The van der Waals surface area contributed by atoms with Crippen LogP contribution in [0.1, 0.15) is 62.7 Å². The van der Waals surface area contributed by atoms with Gasteiger partial charge >= 0.3 is 0 Å². The number of nitrogens with one attached hydrogen (secondary N) is 1. The van der Waals surface area contributed by atoms with Gasteiger partial charge in [-0.2, -0.15) is 4.98 Å². The highest BCUT2D eigenvalue weighted by atomic mass is 16.5. The summed E-state index contributed by atoms with van der Waals surface area (Å²) in [7, 11) is 0. The van der Waals surface area contributed by atoms with Crippen LogP contribution in [-0.4, -0.2) is 29.9 Å². The molecule has 3 fully saturated rings. The van der Waals surface area contributed by atoms with Crippen molar-refractivity contribution in [3.63, 3.8) is 0 Å². The fourth-order valence-corrected chi connectivity index (χ4v) is 4.83. The molecule has 2 aliphatic carbocycles. The number of aryl methyl sites for hydroxylation is 1. The maximum Gasteiger partial charge on any atom is 0.244 e. The van der Waals surface area contributed by atoms with Gasteiger partial charge in [0.05, 0.1) is 6.04 Å². The molecule has 122 valence electrons. The van der Waals surface area contributed by atoms with Crippen LogP contribution in [0.5, 0.6) is 0 Å². The summed E-state index contributed by atoms with van der Waals surface area (Å²) in [6.45, 7) is 4.70. The van der Waals surface area contributed by atoms with Crippen molar-refractivity contribution in [3.8, 4) is 0 Å². The minimum atomic E-state index is 0.194. The number of hydrogen-bond donors (Lipinski definition) is 1. The van der Waals surface area contributed by atoms with Crippen LogP contribution >= 0.6 is 0 Å². The van der Waals surface area contributed by atoms with E-state index in [0.717, 1.165) is 50.2 Å². The average molecular weight is 305 g/mol. The van der Waals surface area contributed by atoms with E-state index in [-0.39, 0.29) is 6.04 Å². The molecule has 0 spiro atoms. The SMILES string of the molecule is Cc1noc(C(NCC23CCC(CC2)C3)C2CCOCC2)n1. The molecule has 2 heterocycles. The van der Waals surface area contributed by atoms with Crippen molar-refractivity contribution in [2.45, 2.75) is 57.9 Å². The fraction of sp³-hybridized carbons (Fsp3) is 0.882. The van der Waals surface area contributed by atoms with Crippen LogP contribution in [-0.2, 0) is 4.74 Å². The lowest BCUT2D eigenvalue weighted by Crippen LogP contribution is -2.38. The van der Waals surface area contributed by atoms with Crippen LogP contribution in [0.25, 0.3) is 0 Å². The van der Waals surface area contributed by atoms with Crippen molar-refractivity contribution in [1.82, 2.24) is 15.5 Å². The Balaban J connectivity index is 1.47. The van der Waals surface area contributed by atoms with Gasteiger partial charge in [0.15, 0.2) is 5.82 Å². The lowest BCUT2D eigenvalue weighted by Gasteiger charge is -2.33. The Bertz CT molecular complexity index is 502. The van der Waals surface area contributed by atoms with E-state index in [2.05, 4.69) is 15.5 Å². The predicted octanol–water partition coefficient (Wildman–Crippen LogP) is 3.02. The largest absolute Gasteiger partial charge is 0.381 e. The molecule has 1 aromatic rings. The molecule has 1 aliphatic heterocycles. The molecule has 2 saturated carbocycles. The van der Waals surface area contributed by atoms with Gasteiger partial charge in [-0.3, -0.25) is 0 Å². The topological polar surface area (TPSA) is 60.2 Å². The number of hydrogen-bond acceptors (Lipinski definition) is 5. The van der Waals surface area contributed by atoms with E-state index in [1.807, 2.05) is 6.92 Å². The number of rotatable bonds is 5. The lowest BCUT2D eigenvalue weighted by atomic mass is 9.83. The molecule has 1 atom stereocenters. The van der Waals surface area contributed by atoms with Gasteiger partial charge in [0, 0.05) is 19.8 Å².